The van der Waals surface area contributed by atoms with Crippen molar-refractivity contribution in [2.75, 3.05) is 13.7 Å². The maximum absolute atomic E-state index is 12.0. The quantitative estimate of drug-likeness (QED) is 0.754. The van der Waals surface area contributed by atoms with Gasteiger partial charge < -0.3 is 15.2 Å². The van der Waals surface area contributed by atoms with Gasteiger partial charge in [-0.25, -0.2) is 4.79 Å². The number of ether oxygens (including phenoxy) is 1. The molecular weight excluding hydrogens is 234 g/mol. The molecule has 0 spiro atoms. The number of nitrogens with one attached hydrogen (secondary N) is 1. The van der Waals surface area contributed by atoms with Crippen molar-refractivity contribution in [1.29, 1.82) is 0 Å². The molecule has 0 aromatic heterocycles. The lowest BCUT2D eigenvalue weighted by atomic mass is 9.80. The molecule has 104 valence electrons. The van der Waals surface area contributed by atoms with Crippen LogP contribution >= 0.6 is 0 Å². The minimum absolute atomic E-state index is 0.00534. The Kier molecular flexibility index (Phi) is 6.12. The molecule has 18 heavy (non-hydrogen) atoms. The Morgan fingerprint density at radius 3 is 2.39 bits per heavy atom. The summed E-state index contributed by atoms with van der Waals surface area (Å²) >= 11 is 0. The van der Waals surface area contributed by atoms with E-state index in [2.05, 4.69) is 12.2 Å². The van der Waals surface area contributed by atoms with Crippen molar-refractivity contribution in [3.63, 3.8) is 0 Å². The summed E-state index contributed by atoms with van der Waals surface area (Å²) in [5, 5.41) is 11.5. The number of carboxylic acids is 1. The number of carboxylic acid groups (broad SMARTS) is 1. The zero-order chi connectivity index (χ0) is 13.5. The van der Waals surface area contributed by atoms with Gasteiger partial charge in [0.25, 0.3) is 0 Å². The molecular formula is C13H23NO4. The lowest BCUT2D eigenvalue weighted by molar-refractivity contribution is -0.144. The van der Waals surface area contributed by atoms with Gasteiger partial charge in [-0.2, -0.15) is 0 Å². The summed E-state index contributed by atoms with van der Waals surface area (Å²) in [6.07, 6.45) is 5.02. The molecule has 1 amide bonds. The highest BCUT2D eigenvalue weighted by atomic mass is 16.5. The third-order valence-electron chi connectivity index (χ3n) is 3.74. The first-order valence-electron chi connectivity index (χ1n) is 6.60. The molecule has 1 aliphatic rings. The average molecular weight is 257 g/mol. The number of amides is 1. The second-order valence-electron chi connectivity index (χ2n) is 4.98. The zero-order valence-corrected chi connectivity index (χ0v) is 11.1. The molecule has 5 nitrogen and oxygen atoms in total. The minimum atomic E-state index is -1.05. The van der Waals surface area contributed by atoms with Crippen LogP contribution in [0.4, 0.5) is 0 Å². The van der Waals surface area contributed by atoms with Crippen LogP contribution in [0.15, 0.2) is 0 Å². The van der Waals surface area contributed by atoms with Crippen molar-refractivity contribution >= 4 is 11.9 Å². The number of aliphatic carboxylic acids is 1. The Morgan fingerprint density at radius 1 is 1.33 bits per heavy atom. The van der Waals surface area contributed by atoms with Crippen LogP contribution in [-0.4, -0.2) is 36.7 Å². The van der Waals surface area contributed by atoms with Gasteiger partial charge in [0.1, 0.15) is 0 Å². The van der Waals surface area contributed by atoms with Gasteiger partial charge in [0.05, 0.1) is 6.61 Å². The molecule has 1 unspecified atom stereocenters. The summed E-state index contributed by atoms with van der Waals surface area (Å²) in [7, 11) is 1.43. The van der Waals surface area contributed by atoms with Crippen LogP contribution in [0.25, 0.3) is 0 Å². The fraction of sp³-hybridized carbons (Fsp3) is 0.846. The highest BCUT2D eigenvalue weighted by Gasteiger charge is 2.28. The highest BCUT2D eigenvalue weighted by molar-refractivity contribution is 5.85. The molecule has 0 aromatic carbocycles. The summed E-state index contributed by atoms with van der Waals surface area (Å²) in [4.78, 5) is 22.9. The van der Waals surface area contributed by atoms with Gasteiger partial charge in [0.2, 0.25) is 5.91 Å². The van der Waals surface area contributed by atoms with Crippen molar-refractivity contribution in [1.82, 2.24) is 5.32 Å². The maximum Gasteiger partial charge on any atom is 0.328 e. The summed E-state index contributed by atoms with van der Waals surface area (Å²) < 4.78 is 4.79. The Balaban J connectivity index is 2.42. The van der Waals surface area contributed by atoms with Gasteiger partial charge in [-0.15, -0.1) is 0 Å². The molecule has 0 radical (unpaired) electrons. The topological polar surface area (TPSA) is 75.6 Å². The number of methoxy groups -OCH3 is 1. The molecule has 1 rings (SSSR count). The van der Waals surface area contributed by atoms with E-state index in [1.54, 1.807) is 0 Å². The predicted octanol–water partition coefficient (Wildman–Crippen LogP) is 1.42. The number of rotatable bonds is 6. The van der Waals surface area contributed by atoms with Crippen LogP contribution in [0.3, 0.4) is 0 Å². The van der Waals surface area contributed by atoms with E-state index in [4.69, 9.17) is 9.84 Å². The molecule has 1 aliphatic carbocycles. The van der Waals surface area contributed by atoms with Gasteiger partial charge in [0.15, 0.2) is 6.04 Å². The molecule has 0 bridgehead atoms. The van der Waals surface area contributed by atoms with Crippen LogP contribution in [-0.2, 0) is 14.3 Å². The summed E-state index contributed by atoms with van der Waals surface area (Å²) in [5.74, 6) is -0.503. The molecule has 0 aliphatic heterocycles. The SMILES string of the molecule is CCC1CCC(C(=O)NC(COC)C(=O)O)CC1. The third-order valence-corrected chi connectivity index (χ3v) is 3.74. The first-order valence-corrected chi connectivity index (χ1v) is 6.60. The highest BCUT2D eigenvalue weighted by Crippen LogP contribution is 2.30. The second-order valence-corrected chi connectivity index (χ2v) is 4.98. The van der Waals surface area contributed by atoms with E-state index in [0.29, 0.717) is 0 Å². The molecule has 2 N–H and O–H groups in total. The molecule has 0 saturated heterocycles. The standard InChI is InChI=1S/C13H23NO4/c1-3-9-4-6-10(7-5-9)12(15)14-11(8-18-2)13(16)17/h9-11H,3-8H2,1-2H3,(H,14,15)(H,16,17). The van der Waals surface area contributed by atoms with Gasteiger partial charge >= 0.3 is 5.97 Å². The summed E-state index contributed by atoms with van der Waals surface area (Å²) in [5.41, 5.74) is 0. The maximum atomic E-state index is 12.0. The van der Waals surface area contributed by atoms with Crippen LogP contribution in [0, 0.1) is 11.8 Å². The number of hydrogen-bond acceptors (Lipinski definition) is 3. The number of carbonyl (C=O) groups excluding carboxylic acids is 1. The van der Waals surface area contributed by atoms with E-state index >= 15 is 0 Å². The Hall–Kier alpha value is -1.10. The van der Waals surface area contributed by atoms with Crippen molar-refractivity contribution in [3.05, 3.63) is 0 Å². The second kappa shape index (κ2) is 7.36. The lowest BCUT2D eigenvalue weighted by Gasteiger charge is -2.27. The Morgan fingerprint density at radius 2 is 1.94 bits per heavy atom. The van der Waals surface area contributed by atoms with E-state index in [1.807, 2.05) is 0 Å². The molecule has 1 saturated carbocycles. The summed E-state index contributed by atoms with van der Waals surface area (Å²) in [6, 6.07) is -0.939. The first-order chi connectivity index (χ1) is 8.58. The van der Waals surface area contributed by atoms with Gasteiger partial charge in [-0.05, 0) is 31.6 Å². The third kappa shape index (κ3) is 4.29. The van der Waals surface area contributed by atoms with Crippen molar-refractivity contribution in [2.45, 2.75) is 45.1 Å². The van der Waals surface area contributed by atoms with Crippen LogP contribution in [0.2, 0.25) is 0 Å². The monoisotopic (exact) mass is 257 g/mol. The Labute approximate surface area is 108 Å². The van der Waals surface area contributed by atoms with Crippen LogP contribution in [0.5, 0.6) is 0 Å². The van der Waals surface area contributed by atoms with Crippen molar-refractivity contribution in [2.24, 2.45) is 11.8 Å². The average Bonchev–Trinajstić information content (AvgIpc) is 2.38. The van der Waals surface area contributed by atoms with Crippen LogP contribution < -0.4 is 5.32 Å². The molecule has 5 heteroatoms. The number of hydrogen-bond donors (Lipinski definition) is 2. The number of carbonyl (C=O) groups is 2. The zero-order valence-electron chi connectivity index (χ0n) is 11.1. The largest absolute Gasteiger partial charge is 0.480 e. The normalized spacial score (nSPS) is 25.4. The lowest BCUT2D eigenvalue weighted by Crippen LogP contribution is -2.46. The van der Waals surface area contributed by atoms with E-state index < -0.39 is 12.0 Å². The van der Waals surface area contributed by atoms with Crippen molar-refractivity contribution in [3.8, 4) is 0 Å². The van der Waals surface area contributed by atoms with Gasteiger partial charge in [0, 0.05) is 13.0 Å². The first kappa shape index (κ1) is 15.0. The molecule has 1 fully saturated rings. The molecule has 0 aromatic rings. The van der Waals surface area contributed by atoms with Crippen LogP contribution in [0.1, 0.15) is 39.0 Å². The smallest absolute Gasteiger partial charge is 0.328 e. The van der Waals surface area contributed by atoms with E-state index in [-0.39, 0.29) is 18.4 Å². The Bertz CT molecular complexity index is 285. The predicted molar refractivity (Wildman–Crippen MR) is 67.2 cm³/mol. The van der Waals surface area contributed by atoms with E-state index in [1.165, 1.54) is 7.11 Å². The molecule has 0 heterocycles. The fourth-order valence-corrected chi connectivity index (χ4v) is 2.46. The fourth-order valence-electron chi connectivity index (χ4n) is 2.46. The molecule has 1 atom stereocenters. The summed E-state index contributed by atoms with van der Waals surface area (Å²) in [6.45, 7) is 2.18. The minimum Gasteiger partial charge on any atom is -0.480 e. The van der Waals surface area contributed by atoms with E-state index in [0.717, 1.165) is 38.0 Å². The van der Waals surface area contributed by atoms with Gasteiger partial charge in [-0.3, -0.25) is 4.79 Å². The van der Waals surface area contributed by atoms with Gasteiger partial charge in [-0.1, -0.05) is 13.3 Å². The van der Waals surface area contributed by atoms with Crippen molar-refractivity contribution < 1.29 is 19.4 Å². The van der Waals surface area contributed by atoms with E-state index in [9.17, 15) is 9.59 Å².